The van der Waals surface area contributed by atoms with Crippen molar-refractivity contribution in [1.82, 2.24) is 9.97 Å². The van der Waals surface area contributed by atoms with Crippen molar-refractivity contribution in [2.75, 3.05) is 5.73 Å². The van der Waals surface area contributed by atoms with Crippen molar-refractivity contribution >= 4 is 5.95 Å². The second-order valence-corrected chi connectivity index (χ2v) is 2.30. The first-order valence-corrected chi connectivity index (χ1v) is 2.93. The molecular weight excluding hydrogens is 114 g/mol. The molecule has 0 fully saturated rings. The van der Waals surface area contributed by atoms with E-state index in [-0.39, 0.29) is 0 Å². The summed E-state index contributed by atoms with van der Waals surface area (Å²) in [6, 6.07) is 0. The molecule has 0 atom stereocenters. The first-order chi connectivity index (χ1) is 4.20. The second kappa shape index (κ2) is 2.09. The minimum Gasteiger partial charge on any atom is -0.369 e. The van der Waals surface area contributed by atoms with Crippen LogP contribution < -0.4 is 5.73 Å². The molecule has 0 spiro atoms. The van der Waals surface area contributed by atoms with Gasteiger partial charge in [0.2, 0.25) is 0 Å². The summed E-state index contributed by atoms with van der Waals surface area (Å²) in [6.45, 7) is 4.12. The summed E-state index contributed by atoms with van der Waals surface area (Å²) >= 11 is 0. The lowest BCUT2D eigenvalue weighted by atomic mass is 10.2. The SMILES string of the molecule is CC(C)c1[c]nc(N)[nH]1. The first-order valence-electron chi connectivity index (χ1n) is 2.93. The van der Waals surface area contributed by atoms with E-state index < -0.39 is 0 Å². The molecule has 0 aliphatic heterocycles. The van der Waals surface area contributed by atoms with Crippen LogP contribution in [0.4, 0.5) is 5.95 Å². The smallest absolute Gasteiger partial charge is 0.198 e. The fourth-order valence-corrected chi connectivity index (χ4v) is 0.588. The first kappa shape index (κ1) is 6.13. The molecule has 0 unspecified atom stereocenters. The van der Waals surface area contributed by atoms with E-state index in [9.17, 15) is 0 Å². The highest BCUT2D eigenvalue weighted by Crippen LogP contribution is 2.09. The summed E-state index contributed by atoms with van der Waals surface area (Å²) in [5.74, 6) is 0.869. The van der Waals surface area contributed by atoms with Crippen molar-refractivity contribution in [3.05, 3.63) is 11.9 Å². The van der Waals surface area contributed by atoms with Crippen LogP contribution in [0.3, 0.4) is 0 Å². The number of nitrogens with one attached hydrogen (secondary N) is 1. The van der Waals surface area contributed by atoms with Crippen LogP contribution in [0.2, 0.25) is 0 Å². The molecule has 0 saturated heterocycles. The molecule has 0 bridgehead atoms. The Kier molecular flexibility index (Phi) is 1.42. The van der Waals surface area contributed by atoms with Gasteiger partial charge in [0.1, 0.15) is 6.20 Å². The van der Waals surface area contributed by atoms with E-state index >= 15 is 0 Å². The van der Waals surface area contributed by atoms with Crippen molar-refractivity contribution in [1.29, 1.82) is 0 Å². The van der Waals surface area contributed by atoms with Gasteiger partial charge in [0.25, 0.3) is 0 Å². The highest BCUT2D eigenvalue weighted by atomic mass is 15.0. The van der Waals surface area contributed by atoms with Crippen LogP contribution in [0.5, 0.6) is 0 Å². The topological polar surface area (TPSA) is 54.7 Å². The predicted octanol–water partition coefficient (Wildman–Crippen LogP) is 0.915. The van der Waals surface area contributed by atoms with E-state index in [0.717, 1.165) is 5.69 Å². The maximum absolute atomic E-state index is 5.32. The maximum atomic E-state index is 5.32. The molecule has 49 valence electrons. The number of H-pyrrole nitrogens is 1. The lowest BCUT2D eigenvalue weighted by Crippen LogP contribution is -1.89. The van der Waals surface area contributed by atoms with Crippen molar-refractivity contribution in [3.8, 4) is 0 Å². The number of rotatable bonds is 1. The molecule has 1 radical (unpaired) electrons. The van der Waals surface area contributed by atoms with Crippen LogP contribution in [0.15, 0.2) is 0 Å². The van der Waals surface area contributed by atoms with Gasteiger partial charge in [0.05, 0.1) is 0 Å². The van der Waals surface area contributed by atoms with Crippen LogP contribution in [-0.4, -0.2) is 9.97 Å². The molecule has 0 amide bonds. The van der Waals surface area contributed by atoms with Gasteiger partial charge in [-0.2, -0.15) is 0 Å². The Morgan fingerprint density at radius 3 is 2.56 bits per heavy atom. The van der Waals surface area contributed by atoms with E-state index in [2.05, 4.69) is 30.0 Å². The maximum Gasteiger partial charge on any atom is 0.198 e. The Balaban J connectivity index is 2.85. The third-order valence-corrected chi connectivity index (χ3v) is 1.14. The van der Waals surface area contributed by atoms with E-state index in [4.69, 9.17) is 5.73 Å². The van der Waals surface area contributed by atoms with Gasteiger partial charge in [-0.05, 0) is 5.92 Å². The zero-order chi connectivity index (χ0) is 6.85. The molecule has 1 rings (SSSR count). The lowest BCUT2D eigenvalue weighted by molar-refractivity contribution is 0.831. The van der Waals surface area contributed by atoms with Crippen molar-refractivity contribution in [3.63, 3.8) is 0 Å². The van der Waals surface area contributed by atoms with Crippen LogP contribution >= 0.6 is 0 Å². The summed E-state index contributed by atoms with van der Waals surface area (Å²) in [7, 11) is 0. The van der Waals surface area contributed by atoms with E-state index in [0.29, 0.717) is 11.9 Å². The Labute approximate surface area is 54.3 Å². The minimum atomic E-state index is 0.426. The molecule has 3 N–H and O–H groups in total. The minimum absolute atomic E-state index is 0.426. The van der Waals surface area contributed by atoms with E-state index in [1.54, 1.807) is 0 Å². The molecule has 1 heterocycles. The molecule has 3 heteroatoms. The van der Waals surface area contributed by atoms with Gasteiger partial charge < -0.3 is 10.7 Å². The van der Waals surface area contributed by atoms with Crippen LogP contribution in [0, 0.1) is 6.20 Å². The molecule has 0 saturated carbocycles. The van der Waals surface area contributed by atoms with Gasteiger partial charge in [0.15, 0.2) is 5.95 Å². The van der Waals surface area contributed by atoms with Gasteiger partial charge in [-0.15, -0.1) is 0 Å². The number of hydrogen-bond acceptors (Lipinski definition) is 2. The largest absolute Gasteiger partial charge is 0.369 e. The van der Waals surface area contributed by atoms with Crippen molar-refractivity contribution in [2.24, 2.45) is 0 Å². The molecular formula is C6H10N3. The van der Waals surface area contributed by atoms with Crippen molar-refractivity contribution < 1.29 is 0 Å². The van der Waals surface area contributed by atoms with E-state index in [1.807, 2.05) is 0 Å². The van der Waals surface area contributed by atoms with Crippen LogP contribution in [0.25, 0.3) is 0 Å². The summed E-state index contributed by atoms with van der Waals surface area (Å²) < 4.78 is 0. The number of anilines is 1. The summed E-state index contributed by atoms with van der Waals surface area (Å²) in [6.07, 6.45) is 2.77. The average Bonchev–Trinajstić information content (AvgIpc) is 2.14. The Hall–Kier alpha value is -0.990. The van der Waals surface area contributed by atoms with Gasteiger partial charge in [-0.1, -0.05) is 13.8 Å². The van der Waals surface area contributed by atoms with E-state index in [1.165, 1.54) is 0 Å². The van der Waals surface area contributed by atoms with Crippen LogP contribution in [-0.2, 0) is 0 Å². The van der Waals surface area contributed by atoms with Gasteiger partial charge in [-0.25, -0.2) is 4.98 Å². The molecule has 0 aliphatic carbocycles. The zero-order valence-electron chi connectivity index (χ0n) is 5.60. The fourth-order valence-electron chi connectivity index (χ4n) is 0.588. The zero-order valence-corrected chi connectivity index (χ0v) is 5.60. The third kappa shape index (κ3) is 1.22. The van der Waals surface area contributed by atoms with Gasteiger partial charge >= 0.3 is 0 Å². The Morgan fingerprint density at radius 2 is 2.33 bits per heavy atom. The fraction of sp³-hybridized carbons (Fsp3) is 0.500. The number of nitrogen functional groups attached to an aromatic ring is 1. The average molecular weight is 124 g/mol. The molecule has 1 aromatic rings. The lowest BCUT2D eigenvalue weighted by Gasteiger charge is -1.95. The number of hydrogen-bond donors (Lipinski definition) is 2. The van der Waals surface area contributed by atoms with Crippen LogP contribution in [0.1, 0.15) is 25.5 Å². The highest BCUT2D eigenvalue weighted by Gasteiger charge is 2.00. The number of nitrogens with zero attached hydrogens (tertiary/aromatic N) is 1. The number of nitrogens with two attached hydrogens (primary N) is 1. The molecule has 1 aromatic heterocycles. The molecule has 0 aliphatic rings. The third-order valence-electron chi connectivity index (χ3n) is 1.14. The van der Waals surface area contributed by atoms with Gasteiger partial charge in [-0.3, -0.25) is 0 Å². The van der Waals surface area contributed by atoms with Crippen molar-refractivity contribution in [2.45, 2.75) is 19.8 Å². The predicted molar refractivity (Wildman–Crippen MR) is 35.9 cm³/mol. The standard InChI is InChI=1S/C6H10N3/c1-4(2)5-3-8-6(7)9-5/h4H,1-2H3,(H3,7,8,9). The summed E-state index contributed by atoms with van der Waals surface area (Å²) in [5.41, 5.74) is 6.28. The highest BCUT2D eigenvalue weighted by molar-refractivity contribution is 5.18. The Bertz CT molecular complexity index is 190. The number of aromatic amines is 1. The molecule has 3 nitrogen and oxygen atoms in total. The monoisotopic (exact) mass is 124 g/mol. The number of aromatic nitrogens is 2. The second-order valence-electron chi connectivity index (χ2n) is 2.30. The quantitative estimate of drug-likeness (QED) is 0.584. The molecule has 0 aromatic carbocycles. The summed E-state index contributed by atoms with van der Waals surface area (Å²) in [5, 5.41) is 0. The Morgan fingerprint density at radius 1 is 1.67 bits per heavy atom. The summed E-state index contributed by atoms with van der Waals surface area (Å²) in [4.78, 5) is 6.62. The number of imidazole rings is 1. The normalized spacial score (nSPS) is 10.6. The molecule has 9 heavy (non-hydrogen) atoms. The van der Waals surface area contributed by atoms with Gasteiger partial charge in [0, 0.05) is 5.69 Å².